The van der Waals surface area contributed by atoms with Crippen LogP contribution in [0.1, 0.15) is 68.7 Å². The maximum Gasteiger partial charge on any atom is 0.327 e. The smallest absolute Gasteiger partial charge is 0.327 e. The molecule has 2 aromatic rings. The highest BCUT2D eigenvalue weighted by Crippen LogP contribution is 2.58. The van der Waals surface area contributed by atoms with E-state index in [1.54, 1.807) is 40.9 Å². The Hall–Kier alpha value is -4.67. The van der Waals surface area contributed by atoms with Gasteiger partial charge in [-0.1, -0.05) is 48.5 Å². The number of ether oxygens (including phenoxy) is 4. The minimum atomic E-state index is -1.44. The van der Waals surface area contributed by atoms with Gasteiger partial charge >= 0.3 is 11.9 Å². The van der Waals surface area contributed by atoms with Crippen LogP contribution in [-0.4, -0.2) is 120 Å². The largest absolute Gasteiger partial charge is 0.460 e. The van der Waals surface area contributed by atoms with Crippen LogP contribution in [-0.2, 0) is 67.1 Å². The van der Waals surface area contributed by atoms with E-state index in [1.165, 1.54) is 16.0 Å². The quantitative estimate of drug-likeness (QED) is 0.199. The first kappa shape index (κ1) is 40.5. The molecule has 0 radical (unpaired) electrons. The molecule has 0 aromatic heterocycles. The molecule has 57 heavy (non-hydrogen) atoms. The molecule has 1 saturated carbocycles. The lowest BCUT2D eigenvalue weighted by Crippen LogP contribution is -2.69. The lowest BCUT2D eigenvalue weighted by molar-refractivity contribution is -0.217. The number of likely N-dealkylation sites (N-methyl/N-ethyl adjacent to an activating group) is 1. The van der Waals surface area contributed by atoms with Crippen LogP contribution in [0.4, 0.5) is 0 Å². The van der Waals surface area contributed by atoms with Crippen molar-refractivity contribution in [2.75, 3.05) is 27.2 Å². The average molecular weight is 789 g/mol. The average Bonchev–Trinajstić information content (AvgIpc) is 3.83. The van der Waals surface area contributed by atoms with E-state index in [2.05, 4.69) is 10.6 Å². The van der Waals surface area contributed by atoms with Crippen molar-refractivity contribution in [2.24, 2.45) is 5.41 Å². The highest BCUT2D eigenvalue weighted by atomic mass is 16.8. The number of benzene rings is 2. The summed E-state index contributed by atoms with van der Waals surface area (Å²) in [5, 5.41) is 17.0. The van der Waals surface area contributed by atoms with Crippen LogP contribution in [0.15, 0.2) is 54.6 Å². The number of hydroxylamine groups is 2. The fraction of sp³-hybridized carbons (Fsp3) is 0.548. The number of carbonyl (C=O) groups excluding carboxylic acids is 5. The van der Waals surface area contributed by atoms with E-state index in [4.69, 9.17) is 23.8 Å². The zero-order valence-corrected chi connectivity index (χ0v) is 33.0. The summed E-state index contributed by atoms with van der Waals surface area (Å²) in [6.07, 6.45) is 1.28. The second-order valence-electron chi connectivity index (χ2n) is 16.8. The van der Waals surface area contributed by atoms with Gasteiger partial charge in [-0.05, 0) is 55.5 Å². The van der Waals surface area contributed by atoms with E-state index in [-0.39, 0.29) is 51.3 Å². The molecule has 15 nitrogen and oxygen atoms in total. The molecular formula is C42H52N4O11. The summed E-state index contributed by atoms with van der Waals surface area (Å²) in [4.78, 5) is 74.0. The number of esters is 2. The minimum absolute atomic E-state index is 0.0128. The summed E-state index contributed by atoms with van der Waals surface area (Å²) >= 11 is 0. The Balaban J connectivity index is 1.08. The van der Waals surface area contributed by atoms with E-state index in [9.17, 15) is 29.1 Å². The third kappa shape index (κ3) is 8.35. The molecule has 3 N–H and O–H groups in total. The molecule has 3 heterocycles. The summed E-state index contributed by atoms with van der Waals surface area (Å²) in [6, 6.07) is 13.6. The van der Waals surface area contributed by atoms with Crippen molar-refractivity contribution in [3.05, 3.63) is 76.9 Å². The number of nitrogens with zero attached hydrogens (tertiary/aromatic N) is 2. The molecule has 5 aliphatic rings. The number of aliphatic hydroxyl groups is 1. The second kappa shape index (κ2) is 15.9. The molecule has 2 aliphatic carbocycles. The van der Waals surface area contributed by atoms with Crippen molar-refractivity contribution in [1.82, 2.24) is 20.6 Å². The number of hydrogen-bond acceptors (Lipinski definition) is 12. The molecule has 3 amide bonds. The zero-order chi connectivity index (χ0) is 40.7. The van der Waals surface area contributed by atoms with Crippen LogP contribution < -0.4 is 10.6 Å². The Morgan fingerprint density at radius 1 is 1.02 bits per heavy atom. The molecule has 2 bridgehead atoms. The summed E-state index contributed by atoms with van der Waals surface area (Å²) in [5.74, 6) is -3.10. The Bertz CT molecular complexity index is 1880. The van der Waals surface area contributed by atoms with Gasteiger partial charge in [0.2, 0.25) is 17.7 Å². The van der Waals surface area contributed by atoms with Gasteiger partial charge in [0, 0.05) is 58.8 Å². The van der Waals surface area contributed by atoms with Crippen molar-refractivity contribution in [3.8, 4) is 0 Å². The van der Waals surface area contributed by atoms with Crippen LogP contribution in [0.5, 0.6) is 0 Å². The molecule has 2 aromatic carbocycles. The van der Waals surface area contributed by atoms with Crippen molar-refractivity contribution >= 4 is 35.7 Å². The van der Waals surface area contributed by atoms with Crippen molar-refractivity contribution < 1.29 is 52.9 Å². The molecule has 3 saturated heterocycles. The van der Waals surface area contributed by atoms with Crippen LogP contribution in [0.2, 0.25) is 0 Å². The predicted molar refractivity (Wildman–Crippen MR) is 203 cm³/mol. The SMILES string of the molecule is CN(C)C(=O)C=Cc1ccc(CN2O[C@@H]3[C@H]4OC5(Cc6ccccc6C5)O[C@H]4[C@H]4C[C@]3(C(=O)NCCC(=O)N[C@H](CO)CCC(=O)OC(C)(C)C)[C@@H]2C(=O)O4)cc1. The van der Waals surface area contributed by atoms with Gasteiger partial charge in [0.1, 0.15) is 35.4 Å². The van der Waals surface area contributed by atoms with Gasteiger partial charge in [-0.15, -0.1) is 0 Å². The molecular weight excluding hydrogens is 736 g/mol. The third-order valence-electron chi connectivity index (χ3n) is 11.2. The number of aliphatic hydroxyl groups excluding tert-OH is 1. The van der Waals surface area contributed by atoms with Crippen molar-refractivity contribution in [1.29, 1.82) is 0 Å². The van der Waals surface area contributed by atoms with Crippen LogP contribution >= 0.6 is 0 Å². The molecule has 15 heteroatoms. The van der Waals surface area contributed by atoms with E-state index in [1.807, 2.05) is 48.5 Å². The van der Waals surface area contributed by atoms with Gasteiger partial charge in [0.25, 0.3) is 0 Å². The normalized spacial score (nSPS) is 27.4. The molecule has 0 unspecified atom stereocenters. The minimum Gasteiger partial charge on any atom is -0.460 e. The van der Waals surface area contributed by atoms with Crippen molar-refractivity contribution in [2.45, 2.75) is 114 Å². The lowest BCUT2D eigenvalue weighted by atomic mass is 9.62. The van der Waals surface area contributed by atoms with Crippen LogP contribution in [0.3, 0.4) is 0 Å². The molecule has 1 spiro atoms. The van der Waals surface area contributed by atoms with Gasteiger partial charge < -0.3 is 39.6 Å². The third-order valence-corrected chi connectivity index (χ3v) is 11.2. The van der Waals surface area contributed by atoms with E-state index < -0.39 is 77.1 Å². The van der Waals surface area contributed by atoms with E-state index >= 15 is 0 Å². The van der Waals surface area contributed by atoms with E-state index in [0.29, 0.717) is 12.8 Å². The fourth-order valence-corrected chi connectivity index (χ4v) is 8.64. The van der Waals surface area contributed by atoms with E-state index in [0.717, 1.165) is 22.3 Å². The number of hydrogen-bond donors (Lipinski definition) is 3. The number of nitrogens with one attached hydrogen (secondary N) is 2. The molecule has 4 fully saturated rings. The Labute approximate surface area is 331 Å². The molecule has 7 atom stereocenters. The number of fused-ring (bicyclic) bond motifs is 5. The molecule has 7 rings (SSSR count). The predicted octanol–water partition coefficient (Wildman–Crippen LogP) is 1.97. The maximum atomic E-state index is 14.6. The molecule has 3 aliphatic heterocycles. The van der Waals surface area contributed by atoms with Gasteiger partial charge in [-0.25, -0.2) is 0 Å². The van der Waals surface area contributed by atoms with Gasteiger partial charge in [0.15, 0.2) is 11.8 Å². The Kier molecular flexibility index (Phi) is 11.3. The summed E-state index contributed by atoms with van der Waals surface area (Å²) in [7, 11) is 3.35. The topological polar surface area (TPSA) is 182 Å². The first-order valence-electron chi connectivity index (χ1n) is 19.5. The van der Waals surface area contributed by atoms with Gasteiger partial charge in [-0.2, -0.15) is 5.06 Å². The highest BCUT2D eigenvalue weighted by Gasteiger charge is 2.76. The first-order chi connectivity index (χ1) is 27.1. The monoisotopic (exact) mass is 788 g/mol. The van der Waals surface area contributed by atoms with Gasteiger partial charge in [0.05, 0.1) is 19.2 Å². The van der Waals surface area contributed by atoms with Crippen molar-refractivity contribution in [3.63, 3.8) is 0 Å². The maximum absolute atomic E-state index is 14.6. The zero-order valence-electron chi connectivity index (χ0n) is 33.0. The summed E-state index contributed by atoms with van der Waals surface area (Å²) in [6.45, 7) is 4.98. The highest BCUT2D eigenvalue weighted by molar-refractivity contribution is 5.94. The first-order valence-corrected chi connectivity index (χ1v) is 19.5. The lowest BCUT2D eigenvalue weighted by Gasteiger charge is -2.48. The number of carbonyl (C=O) groups is 5. The molecule has 306 valence electrons. The number of rotatable bonds is 13. The summed E-state index contributed by atoms with van der Waals surface area (Å²) in [5.41, 5.74) is 1.72. The standard InChI is InChI=1S/C42H52N4O11/c1-40(2,3)54-33(50)17-15-29(24-47)44-31(48)18-19-43-39(52)42-22-30-34-35(56-41(55-34)20-27-8-6-7-9-28(27)21-41)37(42)57-46(36(42)38(51)53-30)23-26-12-10-25(11-13-26)14-16-32(49)45(4)5/h6-14,16,29-30,34-37,47H,15,17-24H2,1-5H3,(H,43,52)(H,44,48)/t29-,30+,34-,35-,36-,37+,42-/m0/s1. The Morgan fingerprint density at radius 3 is 2.35 bits per heavy atom. The van der Waals surface area contributed by atoms with Crippen LogP contribution in [0.25, 0.3) is 6.08 Å². The van der Waals surface area contributed by atoms with Crippen LogP contribution in [0, 0.1) is 5.41 Å². The summed E-state index contributed by atoms with van der Waals surface area (Å²) < 4.78 is 24.9. The Morgan fingerprint density at radius 2 is 1.70 bits per heavy atom. The van der Waals surface area contributed by atoms with Gasteiger partial charge in [-0.3, -0.25) is 28.8 Å². The fourth-order valence-electron chi connectivity index (χ4n) is 8.64. The second-order valence-corrected chi connectivity index (χ2v) is 16.8. The number of amides is 3.